The number of pyridine rings is 1. The van der Waals surface area contributed by atoms with Crippen molar-refractivity contribution in [1.29, 1.82) is 0 Å². The van der Waals surface area contributed by atoms with Crippen molar-refractivity contribution in [3.8, 4) is 0 Å². The molecule has 0 aliphatic carbocycles. The maximum atomic E-state index is 4.40. The third-order valence-corrected chi connectivity index (χ3v) is 3.22. The lowest BCUT2D eigenvalue weighted by molar-refractivity contribution is 0.587. The van der Waals surface area contributed by atoms with Crippen molar-refractivity contribution in [2.45, 2.75) is 26.3 Å². The number of aryl methyl sites for hydroxylation is 1. The Kier molecular flexibility index (Phi) is 4.23. The Morgan fingerprint density at radius 2 is 2.24 bits per heavy atom. The van der Waals surface area contributed by atoms with Gasteiger partial charge < -0.3 is 5.32 Å². The minimum absolute atomic E-state index is 0.161. The second-order valence-electron chi connectivity index (χ2n) is 4.03. The van der Waals surface area contributed by atoms with E-state index in [0.717, 1.165) is 24.4 Å². The maximum Gasteiger partial charge on any atom is 0.0795 e. The van der Waals surface area contributed by atoms with Gasteiger partial charge in [0.15, 0.2) is 0 Å². The van der Waals surface area contributed by atoms with E-state index >= 15 is 0 Å². The number of nitrogens with zero attached hydrogens (tertiary/aromatic N) is 2. The van der Waals surface area contributed by atoms with Crippen LogP contribution in [-0.4, -0.2) is 16.5 Å². The Morgan fingerprint density at radius 3 is 2.82 bits per heavy atom. The predicted molar refractivity (Wildman–Crippen MR) is 71.2 cm³/mol. The molecule has 0 saturated heterocycles. The fraction of sp³-hybridized carbons (Fsp3) is 0.385. The van der Waals surface area contributed by atoms with Crippen LogP contribution in [0.25, 0.3) is 0 Å². The van der Waals surface area contributed by atoms with Gasteiger partial charge in [0.05, 0.1) is 17.2 Å². The van der Waals surface area contributed by atoms with E-state index in [9.17, 15) is 0 Å². The molecule has 0 spiro atoms. The second-order valence-corrected chi connectivity index (χ2v) is 4.75. The first kappa shape index (κ1) is 12.2. The van der Waals surface area contributed by atoms with E-state index in [1.807, 2.05) is 24.7 Å². The summed E-state index contributed by atoms with van der Waals surface area (Å²) >= 11 is 1.63. The Morgan fingerprint density at radius 1 is 1.35 bits per heavy atom. The molecule has 0 amide bonds. The van der Waals surface area contributed by atoms with Gasteiger partial charge in [-0.3, -0.25) is 4.98 Å². The van der Waals surface area contributed by atoms with Gasteiger partial charge in [-0.1, -0.05) is 13.0 Å². The zero-order valence-corrected chi connectivity index (χ0v) is 11.0. The second kappa shape index (κ2) is 5.89. The van der Waals surface area contributed by atoms with E-state index < -0.39 is 0 Å². The molecule has 0 radical (unpaired) electrons. The largest absolute Gasteiger partial charge is 0.305 e. The summed E-state index contributed by atoms with van der Waals surface area (Å²) in [5.41, 5.74) is 5.17. The number of nitrogens with one attached hydrogen (secondary N) is 1. The van der Waals surface area contributed by atoms with Crippen LogP contribution in [0.2, 0.25) is 0 Å². The molecule has 0 bridgehead atoms. The minimum Gasteiger partial charge on any atom is -0.305 e. The van der Waals surface area contributed by atoms with Gasteiger partial charge in [0.2, 0.25) is 0 Å². The first-order valence-electron chi connectivity index (χ1n) is 5.85. The molecule has 2 aromatic heterocycles. The molecule has 0 aliphatic rings. The van der Waals surface area contributed by atoms with Crippen LogP contribution in [0, 0.1) is 6.92 Å². The van der Waals surface area contributed by atoms with Crippen LogP contribution in [0.3, 0.4) is 0 Å². The number of hydrogen-bond donors (Lipinski definition) is 1. The fourth-order valence-corrected chi connectivity index (χ4v) is 2.28. The summed E-state index contributed by atoms with van der Waals surface area (Å²) in [6.45, 7) is 5.15. The van der Waals surface area contributed by atoms with Crippen LogP contribution in [0.4, 0.5) is 0 Å². The zero-order chi connectivity index (χ0) is 12.1. The summed E-state index contributed by atoms with van der Waals surface area (Å²) in [7, 11) is 0. The predicted octanol–water partition coefficient (Wildman–Crippen LogP) is 2.94. The Hall–Kier alpha value is -1.26. The van der Waals surface area contributed by atoms with E-state index in [2.05, 4.69) is 33.7 Å². The highest BCUT2D eigenvalue weighted by molar-refractivity contribution is 7.07. The van der Waals surface area contributed by atoms with Gasteiger partial charge in [-0.05, 0) is 31.5 Å². The fourth-order valence-electron chi connectivity index (χ4n) is 1.70. The average Bonchev–Trinajstić information content (AvgIpc) is 2.85. The summed E-state index contributed by atoms with van der Waals surface area (Å²) in [5.74, 6) is 0. The standard InChI is InChI=1S/C13H17N3S/c1-3-6-14-13(12-8-17-9-16-12)11-5-4-10(2)15-7-11/h4-5,7-9,13-14H,3,6H2,1-2H3. The SMILES string of the molecule is CCCNC(c1ccc(C)nc1)c1cscn1. The molecule has 2 rings (SSSR count). The summed E-state index contributed by atoms with van der Waals surface area (Å²) in [6.07, 6.45) is 3.04. The number of aromatic nitrogens is 2. The smallest absolute Gasteiger partial charge is 0.0795 e. The molecule has 1 atom stereocenters. The van der Waals surface area contributed by atoms with Gasteiger partial charge >= 0.3 is 0 Å². The van der Waals surface area contributed by atoms with Crippen LogP contribution in [-0.2, 0) is 0 Å². The molecule has 0 aromatic carbocycles. The third kappa shape index (κ3) is 3.11. The maximum absolute atomic E-state index is 4.40. The number of thiazole rings is 1. The quantitative estimate of drug-likeness (QED) is 0.882. The van der Waals surface area contributed by atoms with Crippen LogP contribution in [0.1, 0.15) is 36.3 Å². The van der Waals surface area contributed by atoms with Gasteiger partial charge in [0.25, 0.3) is 0 Å². The van der Waals surface area contributed by atoms with Gasteiger partial charge in [-0.2, -0.15) is 0 Å². The van der Waals surface area contributed by atoms with E-state index in [1.165, 1.54) is 5.56 Å². The van der Waals surface area contributed by atoms with Crippen LogP contribution in [0.5, 0.6) is 0 Å². The van der Waals surface area contributed by atoms with Crippen molar-refractivity contribution in [3.05, 3.63) is 46.2 Å². The Bertz CT molecular complexity index is 436. The first-order chi connectivity index (χ1) is 8.31. The molecule has 0 fully saturated rings. The molecular weight excluding hydrogens is 230 g/mol. The molecule has 2 aromatic rings. The van der Waals surface area contributed by atoms with Gasteiger partial charge in [-0.15, -0.1) is 11.3 Å². The molecule has 4 heteroatoms. The van der Waals surface area contributed by atoms with Crippen molar-refractivity contribution in [1.82, 2.24) is 15.3 Å². The summed E-state index contributed by atoms with van der Waals surface area (Å²) in [4.78, 5) is 8.75. The van der Waals surface area contributed by atoms with E-state index in [-0.39, 0.29) is 6.04 Å². The van der Waals surface area contributed by atoms with Crippen molar-refractivity contribution < 1.29 is 0 Å². The number of rotatable bonds is 5. The van der Waals surface area contributed by atoms with Crippen molar-refractivity contribution in [2.24, 2.45) is 0 Å². The van der Waals surface area contributed by atoms with Gasteiger partial charge in [-0.25, -0.2) is 4.98 Å². The van der Waals surface area contributed by atoms with E-state index in [4.69, 9.17) is 0 Å². The molecule has 3 nitrogen and oxygen atoms in total. The summed E-state index contributed by atoms with van der Waals surface area (Å²) < 4.78 is 0. The summed E-state index contributed by atoms with van der Waals surface area (Å²) in [5, 5.41) is 5.60. The summed E-state index contributed by atoms with van der Waals surface area (Å²) in [6, 6.07) is 4.33. The molecule has 2 heterocycles. The Balaban J connectivity index is 2.23. The zero-order valence-electron chi connectivity index (χ0n) is 10.2. The highest BCUT2D eigenvalue weighted by Crippen LogP contribution is 2.21. The van der Waals surface area contributed by atoms with Crippen molar-refractivity contribution in [2.75, 3.05) is 6.54 Å². The lowest BCUT2D eigenvalue weighted by atomic mass is 10.1. The molecule has 17 heavy (non-hydrogen) atoms. The van der Waals surface area contributed by atoms with Gasteiger partial charge in [0.1, 0.15) is 0 Å². The molecule has 0 aliphatic heterocycles. The van der Waals surface area contributed by atoms with Gasteiger partial charge in [0, 0.05) is 17.3 Å². The molecular formula is C13H17N3S. The normalized spacial score (nSPS) is 12.6. The lowest BCUT2D eigenvalue weighted by Gasteiger charge is -2.16. The Labute approximate surface area is 106 Å². The molecule has 90 valence electrons. The van der Waals surface area contributed by atoms with Crippen LogP contribution < -0.4 is 5.32 Å². The van der Waals surface area contributed by atoms with E-state index in [1.54, 1.807) is 11.3 Å². The average molecular weight is 247 g/mol. The monoisotopic (exact) mass is 247 g/mol. The molecule has 0 saturated carbocycles. The topological polar surface area (TPSA) is 37.8 Å². The van der Waals surface area contributed by atoms with Crippen molar-refractivity contribution >= 4 is 11.3 Å². The van der Waals surface area contributed by atoms with Crippen LogP contribution >= 0.6 is 11.3 Å². The van der Waals surface area contributed by atoms with Crippen molar-refractivity contribution in [3.63, 3.8) is 0 Å². The molecule has 1 N–H and O–H groups in total. The highest BCUT2D eigenvalue weighted by Gasteiger charge is 2.15. The molecule has 1 unspecified atom stereocenters. The first-order valence-corrected chi connectivity index (χ1v) is 6.79. The highest BCUT2D eigenvalue weighted by atomic mass is 32.1. The van der Waals surface area contributed by atoms with E-state index in [0.29, 0.717) is 0 Å². The minimum atomic E-state index is 0.161. The lowest BCUT2D eigenvalue weighted by Crippen LogP contribution is -2.23. The van der Waals surface area contributed by atoms with Crippen LogP contribution in [0.15, 0.2) is 29.2 Å². The third-order valence-electron chi connectivity index (χ3n) is 2.61. The number of hydrogen-bond acceptors (Lipinski definition) is 4.